The Morgan fingerprint density at radius 1 is 1.40 bits per heavy atom. The molecule has 0 radical (unpaired) electrons. The molecule has 1 fully saturated rings. The van der Waals surface area contributed by atoms with Gasteiger partial charge in [-0.15, -0.1) is 0 Å². The van der Waals surface area contributed by atoms with Gasteiger partial charge in [0, 0.05) is 6.04 Å². The van der Waals surface area contributed by atoms with Crippen molar-refractivity contribution in [2.75, 3.05) is 11.4 Å². The lowest BCUT2D eigenvalue weighted by Gasteiger charge is -2.29. The minimum atomic E-state index is -0.503. The van der Waals surface area contributed by atoms with Gasteiger partial charge < -0.3 is 10.2 Å². The maximum Gasteiger partial charge on any atom is 0.245 e. The molecule has 0 aromatic heterocycles. The van der Waals surface area contributed by atoms with E-state index in [1.165, 1.54) is 0 Å². The number of amides is 1. The van der Waals surface area contributed by atoms with Crippen LogP contribution in [0.1, 0.15) is 25.3 Å². The molecule has 5 nitrogen and oxygen atoms in total. The SMILES string of the molecule is CC1CCNC(CC#N)C(=O)N1c1ccccc1C#N. The van der Waals surface area contributed by atoms with E-state index in [0.717, 1.165) is 6.42 Å². The first-order chi connectivity index (χ1) is 9.69. The van der Waals surface area contributed by atoms with E-state index in [9.17, 15) is 10.1 Å². The molecule has 1 saturated heterocycles. The zero-order valence-corrected chi connectivity index (χ0v) is 11.3. The molecule has 1 N–H and O–H groups in total. The molecule has 2 atom stereocenters. The molecular formula is C15H16N4O. The Morgan fingerprint density at radius 2 is 2.15 bits per heavy atom. The average molecular weight is 268 g/mol. The smallest absolute Gasteiger partial charge is 0.245 e. The highest BCUT2D eigenvalue weighted by Crippen LogP contribution is 2.25. The topological polar surface area (TPSA) is 79.9 Å². The first-order valence-corrected chi connectivity index (χ1v) is 6.61. The zero-order valence-electron chi connectivity index (χ0n) is 11.3. The summed E-state index contributed by atoms with van der Waals surface area (Å²) >= 11 is 0. The van der Waals surface area contributed by atoms with Crippen LogP contribution in [0.4, 0.5) is 5.69 Å². The van der Waals surface area contributed by atoms with E-state index < -0.39 is 6.04 Å². The lowest BCUT2D eigenvalue weighted by atomic mass is 10.1. The van der Waals surface area contributed by atoms with E-state index in [0.29, 0.717) is 17.8 Å². The molecule has 20 heavy (non-hydrogen) atoms. The van der Waals surface area contributed by atoms with Crippen LogP contribution < -0.4 is 10.2 Å². The maximum absolute atomic E-state index is 12.6. The Kier molecular flexibility index (Phi) is 4.34. The largest absolute Gasteiger partial charge is 0.307 e. The van der Waals surface area contributed by atoms with Crippen molar-refractivity contribution in [1.29, 1.82) is 10.5 Å². The molecule has 0 bridgehead atoms. The Morgan fingerprint density at radius 3 is 2.85 bits per heavy atom. The van der Waals surface area contributed by atoms with Crippen molar-refractivity contribution in [3.05, 3.63) is 29.8 Å². The van der Waals surface area contributed by atoms with Gasteiger partial charge >= 0.3 is 0 Å². The van der Waals surface area contributed by atoms with Crippen molar-refractivity contribution in [2.24, 2.45) is 0 Å². The highest BCUT2D eigenvalue weighted by molar-refractivity contribution is 5.99. The average Bonchev–Trinajstić information content (AvgIpc) is 2.59. The third-order valence-corrected chi connectivity index (χ3v) is 3.51. The highest BCUT2D eigenvalue weighted by Gasteiger charge is 2.32. The summed E-state index contributed by atoms with van der Waals surface area (Å²) in [6.07, 6.45) is 0.921. The number of hydrogen-bond acceptors (Lipinski definition) is 4. The Hall–Kier alpha value is -2.37. The summed E-state index contributed by atoms with van der Waals surface area (Å²) < 4.78 is 0. The zero-order chi connectivity index (χ0) is 14.5. The predicted octanol–water partition coefficient (Wildman–Crippen LogP) is 1.56. The monoisotopic (exact) mass is 268 g/mol. The van der Waals surface area contributed by atoms with E-state index in [4.69, 9.17) is 5.26 Å². The van der Waals surface area contributed by atoms with E-state index in [1.54, 1.807) is 23.1 Å². The summed E-state index contributed by atoms with van der Waals surface area (Å²) in [6, 6.07) is 10.7. The first-order valence-electron chi connectivity index (χ1n) is 6.61. The second-order valence-corrected chi connectivity index (χ2v) is 4.84. The molecule has 1 aliphatic rings. The Labute approximate surface area is 118 Å². The van der Waals surface area contributed by atoms with E-state index in [1.807, 2.05) is 19.1 Å². The van der Waals surface area contributed by atoms with Crippen LogP contribution in [0.2, 0.25) is 0 Å². The van der Waals surface area contributed by atoms with Crippen LogP contribution in [-0.2, 0) is 4.79 Å². The number of nitriles is 2. The van der Waals surface area contributed by atoms with Gasteiger partial charge in [0.25, 0.3) is 0 Å². The van der Waals surface area contributed by atoms with Crippen LogP contribution in [-0.4, -0.2) is 24.5 Å². The quantitative estimate of drug-likeness (QED) is 0.882. The molecule has 0 saturated carbocycles. The van der Waals surface area contributed by atoms with Gasteiger partial charge in [-0.25, -0.2) is 0 Å². The molecule has 1 aliphatic heterocycles. The molecule has 5 heteroatoms. The number of nitrogens with one attached hydrogen (secondary N) is 1. The summed E-state index contributed by atoms with van der Waals surface area (Å²) in [5.41, 5.74) is 1.10. The van der Waals surface area contributed by atoms with E-state index in [2.05, 4.69) is 11.4 Å². The molecule has 1 aromatic carbocycles. The third-order valence-electron chi connectivity index (χ3n) is 3.51. The summed E-state index contributed by atoms with van der Waals surface area (Å²) in [7, 11) is 0. The number of carbonyl (C=O) groups is 1. The van der Waals surface area contributed by atoms with Crippen LogP contribution in [0, 0.1) is 22.7 Å². The van der Waals surface area contributed by atoms with Gasteiger partial charge in [-0.1, -0.05) is 12.1 Å². The van der Waals surface area contributed by atoms with Crippen molar-refractivity contribution < 1.29 is 4.79 Å². The number of benzene rings is 1. The van der Waals surface area contributed by atoms with Crippen LogP contribution in [0.25, 0.3) is 0 Å². The number of rotatable bonds is 2. The minimum absolute atomic E-state index is 0.00630. The second kappa shape index (κ2) is 6.18. The second-order valence-electron chi connectivity index (χ2n) is 4.84. The molecule has 0 aliphatic carbocycles. The molecule has 1 amide bonds. The van der Waals surface area contributed by atoms with Crippen LogP contribution in [0.5, 0.6) is 0 Å². The fourth-order valence-electron chi connectivity index (χ4n) is 2.45. The summed E-state index contributed by atoms with van der Waals surface area (Å²) in [4.78, 5) is 14.3. The van der Waals surface area contributed by atoms with Crippen molar-refractivity contribution >= 4 is 11.6 Å². The molecule has 1 heterocycles. The molecule has 0 spiro atoms. The van der Waals surface area contributed by atoms with Crippen molar-refractivity contribution in [3.63, 3.8) is 0 Å². The highest BCUT2D eigenvalue weighted by atomic mass is 16.2. The number of para-hydroxylation sites is 1. The van der Waals surface area contributed by atoms with Gasteiger partial charge in [-0.05, 0) is 32.0 Å². The van der Waals surface area contributed by atoms with Gasteiger partial charge in [0.05, 0.1) is 23.7 Å². The predicted molar refractivity (Wildman–Crippen MR) is 74.7 cm³/mol. The van der Waals surface area contributed by atoms with Crippen molar-refractivity contribution in [1.82, 2.24) is 5.32 Å². The molecule has 2 rings (SSSR count). The summed E-state index contributed by atoms with van der Waals surface area (Å²) in [5, 5.41) is 21.1. The van der Waals surface area contributed by atoms with Crippen LogP contribution >= 0.6 is 0 Å². The van der Waals surface area contributed by atoms with Gasteiger partial charge in [0.2, 0.25) is 5.91 Å². The first kappa shape index (κ1) is 14.0. The molecular weight excluding hydrogens is 252 g/mol. The Bertz CT molecular complexity index is 584. The fourth-order valence-corrected chi connectivity index (χ4v) is 2.45. The van der Waals surface area contributed by atoms with E-state index in [-0.39, 0.29) is 18.4 Å². The van der Waals surface area contributed by atoms with Gasteiger partial charge in [-0.3, -0.25) is 4.79 Å². The lowest BCUT2D eigenvalue weighted by molar-refractivity contribution is -0.120. The standard InChI is InChI=1S/C15H16N4O/c1-11-7-9-18-13(6-8-16)15(20)19(11)14-5-3-2-4-12(14)10-17/h2-5,11,13,18H,6-7,9H2,1H3. The Balaban J connectivity index is 2.43. The van der Waals surface area contributed by atoms with Gasteiger partial charge in [-0.2, -0.15) is 10.5 Å². The summed E-state index contributed by atoms with van der Waals surface area (Å²) in [6.45, 7) is 2.65. The molecule has 2 unspecified atom stereocenters. The number of anilines is 1. The fraction of sp³-hybridized carbons (Fsp3) is 0.400. The molecule has 102 valence electrons. The number of carbonyl (C=O) groups excluding carboxylic acids is 1. The van der Waals surface area contributed by atoms with Crippen molar-refractivity contribution in [3.8, 4) is 12.1 Å². The third kappa shape index (κ3) is 2.64. The number of hydrogen-bond donors (Lipinski definition) is 1. The van der Waals surface area contributed by atoms with Gasteiger partial charge in [0.15, 0.2) is 0 Å². The van der Waals surface area contributed by atoms with Crippen molar-refractivity contribution in [2.45, 2.75) is 31.8 Å². The van der Waals surface area contributed by atoms with Crippen LogP contribution in [0.15, 0.2) is 24.3 Å². The minimum Gasteiger partial charge on any atom is -0.307 e. The number of nitrogens with zero attached hydrogens (tertiary/aromatic N) is 3. The normalized spacial score (nSPS) is 22.8. The maximum atomic E-state index is 12.6. The van der Waals surface area contributed by atoms with E-state index >= 15 is 0 Å². The molecule has 1 aromatic rings. The summed E-state index contributed by atoms with van der Waals surface area (Å²) in [5.74, 6) is -0.140. The van der Waals surface area contributed by atoms with Gasteiger partial charge in [0.1, 0.15) is 12.1 Å². The van der Waals surface area contributed by atoms with Crippen LogP contribution in [0.3, 0.4) is 0 Å². The lowest BCUT2D eigenvalue weighted by Crippen LogP contribution is -2.46.